The Bertz CT molecular complexity index is 301. The maximum atomic E-state index is 4.24. The molecule has 0 fully saturated rings. The number of nitrogens with zero attached hydrogens (tertiary/aromatic N) is 2. The Morgan fingerprint density at radius 2 is 2.31 bits per heavy atom. The first kappa shape index (κ1) is 11.2. The average Bonchev–Trinajstić information content (AvgIpc) is 2.33. The molecule has 0 bridgehead atoms. The molecule has 0 unspecified atom stereocenters. The number of halogens is 1. The van der Waals surface area contributed by atoms with Gasteiger partial charge in [0.05, 0.1) is 11.9 Å². The number of hydrogen-bond acceptors (Lipinski definition) is 4. The SMILES string of the molecule is CC(C)(C)S/N=C/c1csc(Br)n1. The zero-order valence-electron chi connectivity index (χ0n) is 7.74. The normalized spacial score (nSPS) is 12.6. The van der Waals surface area contributed by atoms with Crippen LogP contribution in [-0.2, 0) is 0 Å². The van der Waals surface area contributed by atoms with Gasteiger partial charge in [0.1, 0.15) is 0 Å². The summed E-state index contributed by atoms with van der Waals surface area (Å²) in [6, 6.07) is 0. The van der Waals surface area contributed by atoms with E-state index in [1.165, 1.54) is 0 Å². The van der Waals surface area contributed by atoms with Crippen LogP contribution in [-0.4, -0.2) is 15.9 Å². The van der Waals surface area contributed by atoms with E-state index in [9.17, 15) is 0 Å². The molecule has 5 heteroatoms. The van der Waals surface area contributed by atoms with Crippen molar-refractivity contribution in [1.82, 2.24) is 4.98 Å². The monoisotopic (exact) mass is 278 g/mol. The van der Waals surface area contributed by atoms with E-state index in [2.05, 4.69) is 46.1 Å². The minimum atomic E-state index is 0.170. The smallest absolute Gasteiger partial charge is 0.159 e. The van der Waals surface area contributed by atoms with Crippen molar-refractivity contribution in [3.8, 4) is 0 Å². The predicted octanol–water partition coefficient (Wildman–Crippen LogP) is 3.77. The highest BCUT2D eigenvalue weighted by Crippen LogP contribution is 2.24. The molecular weight excluding hydrogens is 268 g/mol. The molecule has 72 valence electrons. The molecule has 0 saturated carbocycles. The summed E-state index contributed by atoms with van der Waals surface area (Å²) in [7, 11) is 0. The van der Waals surface area contributed by atoms with Gasteiger partial charge in [0.25, 0.3) is 0 Å². The third kappa shape index (κ3) is 4.78. The van der Waals surface area contributed by atoms with Gasteiger partial charge in [-0.15, -0.1) is 11.3 Å². The summed E-state index contributed by atoms with van der Waals surface area (Å²) >= 11 is 6.43. The molecule has 1 heterocycles. The number of rotatable bonds is 2. The Balaban J connectivity index is 2.50. The molecule has 0 spiro atoms. The van der Waals surface area contributed by atoms with Crippen LogP contribution in [0.1, 0.15) is 26.5 Å². The van der Waals surface area contributed by atoms with E-state index in [1.54, 1.807) is 29.5 Å². The van der Waals surface area contributed by atoms with Gasteiger partial charge in [-0.25, -0.2) is 9.38 Å². The molecule has 0 aliphatic rings. The third-order valence-corrected chi connectivity index (χ3v) is 3.15. The molecule has 1 aromatic heterocycles. The van der Waals surface area contributed by atoms with Gasteiger partial charge in [0.15, 0.2) is 3.92 Å². The molecule has 0 aliphatic heterocycles. The molecule has 1 aromatic rings. The Hall–Kier alpha value is 0.130. The second-order valence-corrected chi connectivity index (χ2v) is 7.22. The summed E-state index contributed by atoms with van der Waals surface area (Å²) in [5.74, 6) is 0. The standard InChI is InChI=1S/C8H11BrN2S2/c1-8(2,3)13-10-4-6-5-12-7(9)11-6/h4-5H,1-3H3/b10-4+. The van der Waals surface area contributed by atoms with Crippen molar-refractivity contribution in [2.75, 3.05) is 0 Å². The molecule has 0 atom stereocenters. The fraction of sp³-hybridized carbons (Fsp3) is 0.500. The van der Waals surface area contributed by atoms with Crippen molar-refractivity contribution >= 4 is 45.4 Å². The fourth-order valence-corrected chi connectivity index (χ4v) is 2.01. The van der Waals surface area contributed by atoms with Gasteiger partial charge in [-0.2, -0.15) is 0 Å². The first-order chi connectivity index (χ1) is 5.97. The van der Waals surface area contributed by atoms with Gasteiger partial charge in [0.2, 0.25) is 0 Å². The lowest BCUT2D eigenvalue weighted by molar-refractivity contribution is 0.804. The van der Waals surface area contributed by atoms with E-state index < -0.39 is 0 Å². The summed E-state index contributed by atoms with van der Waals surface area (Å²) in [6.45, 7) is 6.39. The maximum Gasteiger partial charge on any atom is 0.159 e. The minimum absolute atomic E-state index is 0.170. The lowest BCUT2D eigenvalue weighted by atomic mass is 10.3. The molecule has 2 nitrogen and oxygen atoms in total. The lowest BCUT2D eigenvalue weighted by Gasteiger charge is -2.11. The highest BCUT2D eigenvalue weighted by Gasteiger charge is 2.08. The minimum Gasteiger partial charge on any atom is -0.228 e. The fourth-order valence-electron chi connectivity index (χ4n) is 0.561. The van der Waals surface area contributed by atoms with Crippen molar-refractivity contribution < 1.29 is 0 Å². The van der Waals surface area contributed by atoms with E-state index in [0.717, 1.165) is 9.61 Å². The van der Waals surface area contributed by atoms with Crippen molar-refractivity contribution in [3.05, 3.63) is 15.0 Å². The average molecular weight is 279 g/mol. The van der Waals surface area contributed by atoms with Gasteiger partial charge >= 0.3 is 0 Å². The molecule has 0 radical (unpaired) electrons. The topological polar surface area (TPSA) is 25.2 Å². The molecule has 0 N–H and O–H groups in total. The lowest BCUT2D eigenvalue weighted by Crippen LogP contribution is -2.04. The second kappa shape index (κ2) is 4.57. The summed E-state index contributed by atoms with van der Waals surface area (Å²) < 4.78 is 5.31. The van der Waals surface area contributed by atoms with Crippen LogP contribution in [0.3, 0.4) is 0 Å². The molecule has 0 aliphatic carbocycles. The third-order valence-electron chi connectivity index (χ3n) is 1.01. The van der Waals surface area contributed by atoms with Crippen LogP contribution in [0.25, 0.3) is 0 Å². The van der Waals surface area contributed by atoms with Crippen molar-refractivity contribution in [2.45, 2.75) is 25.5 Å². The quantitative estimate of drug-likeness (QED) is 0.608. The van der Waals surface area contributed by atoms with Gasteiger partial charge in [-0.05, 0) is 48.6 Å². The summed E-state index contributed by atoms with van der Waals surface area (Å²) in [5.41, 5.74) is 0.911. The van der Waals surface area contributed by atoms with Crippen LogP contribution in [0.5, 0.6) is 0 Å². The van der Waals surface area contributed by atoms with E-state index in [4.69, 9.17) is 0 Å². The number of thiazole rings is 1. The Morgan fingerprint density at radius 1 is 1.62 bits per heavy atom. The van der Waals surface area contributed by atoms with E-state index in [-0.39, 0.29) is 4.75 Å². The Kier molecular flexibility index (Phi) is 3.94. The number of hydrogen-bond donors (Lipinski definition) is 0. The summed E-state index contributed by atoms with van der Waals surface area (Å²) in [5, 5.41) is 1.97. The van der Waals surface area contributed by atoms with Crippen LogP contribution in [0.2, 0.25) is 0 Å². The van der Waals surface area contributed by atoms with Gasteiger partial charge in [0, 0.05) is 10.1 Å². The largest absolute Gasteiger partial charge is 0.228 e. The second-order valence-electron chi connectivity index (χ2n) is 3.46. The van der Waals surface area contributed by atoms with E-state index >= 15 is 0 Å². The molecule has 0 aromatic carbocycles. The van der Waals surface area contributed by atoms with Crippen LogP contribution in [0.15, 0.2) is 13.7 Å². The molecule has 0 saturated heterocycles. The van der Waals surface area contributed by atoms with Crippen molar-refractivity contribution in [3.63, 3.8) is 0 Å². The van der Waals surface area contributed by atoms with Crippen LogP contribution >= 0.6 is 39.2 Å². The molecule has 13 heavy (non-hydrogen) atoms. The highest BCUT2D eigenvalue weighted by atomic mass is 79.9. The highest BCUT2D eigenvalue weighted by molar-refractivity contribution is 9.11. The predicted molar refractivity (Wildman–Crippen MR) is 64.8 cm³/mol. The molecular formula is C8H11BrN2S2. The van der Waals surface area contributed by atoms with E-state index in [1.807, 2.05) is 5.38 Å². The molecule has 1 rings (SSSR count). The van der Waals surface area contributed by atoms with E-state index in [0.29, 0.717) is 0 Å². The van der Waals surface area contributed by atoms with Crippen molar-refractivity contribution in [2.24, 2.45) is 4.40 Å². The Morgan fingerprint density at radius 3 is 2.77 bits per heavy atom. The number of aromatic nitrogens is 1. The summed E-state index contributed by atoms with van der Waals surface area (Å²) in [6.07, 6.45) is 1.79. The zero-order valence-corrected chi connectivity index (χ0v) is 11.0. The summed E-state index contributed by atoms with van der Waals surface area (Å²) in [4.78, 5) is 4.20. The van der Waals surface area contributed by atoms with Crippen LogP contribution in [0.4, 0.5) is 0 Å². The van der Waals surface area contributed by atoms with Crippen molar-refractivity contribution in [1.29, 1.82) is 0 Å². The van der Waals surface area contributed by atoms with Gasteiger partial charge in [-0.3, -0.25) is 0 Å². The first-order valence-electron chi connectivity index (χ1n) is 3.80. The molecule has 0 amide bonds. The first-order valence-corrected chi connectivity index (χ1v) is 6.24. The van der Waals surface area contributed by atoms with Crippen LogP contribution in [0, 0.1) is 0 Å². The zero-order chi connectivity index (χ0) is 9.90. The van der Waals surface area contributed by atoms with Gasteiger partial charge < -0.3 is 0 Å². The maximum absolute atomic E-state index is 4.24. The van der Waals surface area contributed by atoms with Gasteiger partial charge in [-0.1, -0.05) is 0 Å². The van der Waals surface area contributed by atoms with Crippen LogP contribution < -0.4 is 0 Å². The Labute approximate surface area is 95.1 Å².